The quantitative estimate of drug-likeness (QED) is 0.688. The fourth-order valence-electron chi connectivity index (χ4n) is 3.20. The molecule has 5 nitrogen and oxygen atoms in total. The number of benzene rings is 2. The van der Waals surface area contributed by atoms with E-state index in [0.29, 0.717) is 17.9 Å². The Morgan fingerprint density at radius 3 is 2.71 bits per heavy atom. The molecule has 4 rings (SSSR count). The number of hydrogen-bond acceptors (Lipinski definition) is 4. The molecule has 1 N–H and O–H groups in total. The number of anilines is 1. The minimum Gasteiger partial charge on any atom is -0.467 e. The monoisotopic (exact) mass is 392 g/mol. The fraction of sp³-hybridized carbons (Fsp3) is 0.182. The minimum absolute atomic E-state index is 0.0773. The molecule has 0 saturated carbocycles. The summed E-state index contributed by atoms with van der Waals surface area (Å²) in [4.78, 5) is 26.6. The van der Waals surface area contributed by atoms with Crippen LogP contribution in [0.15, 0.2) is 71.3 Å². The third-order valence-electron chi connectivity index (χ3n) is 4.61. The van der Waals surface area contributed by atoms with E-state index in [0.717, 1.165) is 22.6 Å². The average Bonchev–Trinajstić information content (AvgIpc) is 3.33. The average molecular weight is 392 g/mol. The van der Waals surface area contributed by atoms with E-state index in [1.165, 1.54) is 0 Å². The van der Waals surface area contributed by atoms with E-state index in [-0.39, 0.29) is 17.2 Å². The van der Waals surface area contributed by atoms with E-state index in [9.17, 15) is 9.59 Å². The molecule has 142 valence electrons. The molecule has 0 spiro atoms. The number of aryl methyl sites for hydroxylation is 1. The Morgan fingerprint density at radius 1 is 1.18 bits per heavy atom. The topological polar surface area (TPSA) is 62.6 Å². The van der Waals surface area contributed by atoms with Crippen molar-refractivity contribution < 1.29 is 14.0 Å². The summed E-state index contributed by atoms with van der Waals surface area (Å²) in [6, 6.07) is 18.8. The van der Waals surface area contributed by atoms with Crippen LogP contribution in [-0.4, -0.2) is 22.5 Å². The molecule has 1 aliphatic rings. The molecule has 3 aromatic rings. The molecule has 0 aliphatic carbocycles. The highest BCUT2D eigenvalue weighted by Gasteiger charge is 2.33. The van der Waals surface area contributed by atoms with Gasteiger partial charge < -0.3 is 14.6 Å². The molecule has 2 heterocycles. The summed E-state index contributed by atoms with van der Waals surface area (Å²) < 4.78 is 5.39. The fourth-order valence-corrected chi connectivity index (χ4v) is 4.38. The number of hydrogen-bond donors (Lipinski definition) is 1. The van der Waals surface area contributed by atoms with Crippen molar-refractivity contribution in [2.75, 3.05) is 11.1 Å². The van der Waals surface area contributed by atoms with Crippen LogP contribution < -0.4 is 5.32 Å². The Labute approximate surface area is 167 Å². The Balaban J connectivity index is 1.47. The second kappa shape index (κ2) is 7.94. The van der Waals surface area contributed by atoms with Gasteiger partial charge in [-0.1, -0.05) is 24.3 Å². The summed E-state index contributed by atoms with van der Waals surface area (Å²) in [5.41, 5.74) is 3.44. The van der Waals surface area contributed by atoms with Crippen molar-refractivity contribution in [3.05, 3.63) is 89.4 Å². The molecule has 0 radical (unpaired) electrons. The maximum atomic E-state index is 12.5. The van der Waals surface area contributed by atoms with Gasteiger partial charge in [-0.2, -0.15) is 0 Å². The summed E-state index contributed by atoms with van der Waals surface area (Å²) in [7, 11) is 0. The minimum atomic E-state index is -0.153. The van der Waals surface area contributed by atoms with Gasteiger partial charge in [0.1, 0.15) is 11.1 Å². The van der Waals surface area contributed by atoms with Gasteiger partial charge in [0.05, 0.1) is 18.6 Å². The van der Waals surface area contributed by atoms with Crippen molar-refractivity contribution in [3.63, 3.8) is 0 Å². The molecule has 0 bridgehead atoms. The van der Waals surface area contributed by atoms with Crippen molar-refractivity contribution in [1.82, 2.24) is 4.90 Å². The van der Waals surface area contributed by atoms with E-state index in [4.69, 9.17) is 4.42 Å². The number of carbonyl (C=O) groups excluding carboxylic acids is 2. The SMILES string of the molecule is Cc1cccc(NC(=O)c2ccc([C@@H]3SCC(=O)N3Cc3ccco3)cc2)c1. The Hall–Kier alpha value is -2.99. The van der Waals surface area contributed by atoms with Crippen LogP contribution in [0.25, 0.3) is 0 Å². The number of rotatable bonds is 5. The Bertz CT molecular complexity index is 983. The summed E-state index contributed by atoms with van der Waals surface area (Å²) in [5.74, 6) is 1.14. The van der Waals surface area contributed by atoms with E-state index in [1.54, 1.807) is 30.2 Å². The number of amides is 2. The first-order valence-electron chi connectivity index (χ1n) is 9.01. The maximum absolute atomic E-state index is 12.5. The second-order valence-corrected chi connectivity index (χ2v) is 7.78. The molecule has 28 heavy (non-hydrogen) atoms. The zero-order valence-corrected chi connectivity index (χ0v) is 16.2. The molecule has 1 aliphatic heterocycles. The zero-order valence-electron chi connectivity index (χ0n) is 15.4. The molecule has 2 aromatic carbocycles. The first-order valence-corrected chi connectivity index (χ1v) is 10.1. The van der Waals surface area contributed by atoms with Crippen LogP contribution in [0.4, 0.5) is 5.69 Å². The zero-order chi connectivity index (χ0) is 19.5. The third kappa shape index (κ3) is 3.97. The molecule has 1 saturated heterocycles. The van der Waals surface area contributed by atoms with Crippen LogP contribution >= 0.6 is 11.8 Å². The van der Waals surface area contributed by atoms with Gasteiger partial charge in [-0.05, 0) is 54.4 Å². The molecule has 0 unspecified atom stereocenters. The van der Waals surface area contributed by atoms with Gasteiger partial charge in [0.15, 0.2) is 0 Å². The van der Waals surface area contributed by atoms with Gasteiger partial charge in [-0.15, -0.1) is 11.8 Å². The van der Waals surface area contributed by atoms with Crippen LogP contribution in [-0.2, 0) is 11.3 Å². The highest BCUT2D eigenvalue weighted by Crippen LogP contribution is 2.39. The molecule has 1 atom stereocenters. The highest BCUT2D eigenvalue weighted by molar-refractivity contribution is 8.00. The predicted octanol–water partition coefficient (Wildman–Crippen LogP) is 4.61. The molecule has 6 heteroatoms. The highest BCUT2D eigenvalue weighted by atomic mass is 32.2. The second-order valence-electron chi connectivity index (χ2n) is 6.71. The molecular formula is C22H20N2O3S. The van der Waals surface area contributed by atoms with E-state index < -0.39 is 0 Å². The van der Waals surface area contributed by atoms with Crippen LogP contribution in [0.1, 0.15) is 32.6 Å². The lowest BCUT2D eigenvalue weighted by atomic mass is 10.1. The van der Waals surface area contributed by atoms with Gasteiger partial charge in [-0.3, -0.25) is 9.59 Å². The molecule has 1 fully saturated rings. The van der Waals surface area contributed by atoms with Crippen molar-refractivity contribution in [1.29, 1.82) is 0 Å². The number of nitrogens with zero attached hydrogens (tertiary/aromatic N) is 1. The van der Waals surface area contributed by atoms with Crippen LogP contribution in [0.2, 0.25) is 0 Å². The predicted molar refractivity (Wildman–Crippen MR) is 110 cm³/mol. The van der Waals surface area contributed by atoms with Crippen molar-refractivity contribution in [3.8, 4) is 0 Å². The van der Waals surface area contributed by atoms with Crippen molar-refractivity contribution in [2.24, 2.45) is 0 Å². The summed E-state index contributed by atoms with van der Waals surface area (Å²) >= 11 is 1.59. The maximum Gasteiger partial charge on any atom is 0.255 e. The summed E-state index contributed by atoms with van der Waals surface area (Å²) in [6.45, 7) is 2.43. The first kappa shape index (κ1) is 18.4. The first-order chi connectivity index (χ1) is 13.6. The Kier molecular flexibility index (Phi) is 5.21. The van der Waals surface area contributed by atoms with Gasteiger partial charge >= 0.3 is 0 Å². The number of furan rings is 1. The van der Waals surface area contributed by atoms with Gasteiger partial charge in [0.25, 0.3) is 5.91 Å². The number of thioether (sulfide) groups is 1. The lowest BCUT2D eigenvalue weighted by Gasteiger charge is -2.23. The Morgan fingerprint density at radius 2 is 2.00 bits per heavy atom. The van der Waals surface area contributed by atoms with Crippen LogP contribution in [0.5, 0.6) is 0 Å². The summed E-state index contributed by atoms with van der Waals surface area (Å²) in [5, 5.41) is 2.84. The summed E-state index contributed by atoms with van der Waals surface area (Å²) in [6.07, 6.45) is 1.61. The molecular weight excluding hydrogens is 372 g/mol. The van der Waals surface area contributed by atoms with Crippen molar-refractivity contribution in [2.45, 2.75) is 18.8 Å². The normalized spacial score (nSPS) is 16.4. The van der Waals surface area contributed by atoms with Gasteiger partial charge in [-0.25, -0.2) is 0 Å². The van der Waals surface area contributed by atoms with E-state index in [2.05, 4.69) is 5.32 Å². The lowest BCUT2D eigenvalue weighted by molar-refractivity contribution is -0.128. The molecule has 2 amide bonds. The number of carbonyl (C=O) groups is 2. The largest absolute Gasteiger partial charge is 0.467 e. The van der Waals surface area contributed by atoms with Gasteiger partial charge in [0.2, 0.25) is 5.91 Å². The van der Waals surface area contributed by atoms with Gasteiger partial charge in [0, 0.05) is 11.3 Å². The lowest BCUT2D eigenvalue weighted by Crippen LogP contribution is -2.27. The van der Waals surface area contributed by atoms with E-state index >= 15 is 0 Å². The third-order valence-corrected chi connectivity index (χ3v) is 5.86. The smallest absolute Gasteiger partial charge is 0.255 e. The van der Waals surface area contributed by atoms with E-state index in [1.807, 2.05) is 60.4 Å². The van der Waals surface area contributed by atoms with Crippen molar-refractivity contribution >= 4 is 29.3 Å². The van der Waals surface area contributed by atoms with Crippen LogP contribution in [0, 0.1) is 6.92 Å². The van der Waals surface area contributed by atoms with Crippen LogP contribution in [0.3, 0.4) is 0 Å². The molecule has 1 aromatic heterocycles. The number of nitrogens with one attached hydrogen (secondary N) is 1. The standard InChI is InChI=1S/C22H20N2O3S/c1-15-4-2-5-18(12-15)23-21(26)16-7-9-17(10-8-16)22-24(20(25)14-28-22)13-19-6-3-11-27-19/h2-12,22H,13-14H2,1H3,(H,23,26)/t22-/m0/s1.